The van der Waals surface area contributed by atoms with Crippen LogP contribution in [0.5, 0.6) is 5.75 Å². The molecule has 4 rings (SSSR count). The number of Topliss-reactive ketones (excluding diaryl/α,β-unsaturated/α-hetero) is 2. The lowest BCUT2D eigenvalue weighted by atomic mass is 9.57. The number of benzene rings is 1. The third kappa shape index (κ3) is 2.90. The van der Waals surface area contributed by atoms with Crippen LogP contribution in [0.15, 0.2) is 27.4 Å². The molecule has 1 aromatic carbocycles. The maximum atomic E-state index is 13.6. The number of rotatable bonds is 2. The SMILES string of the molecule is CN(C)[C@@H]1C(=O)C(C(N)=O)=C(O)[C@@]2(O)C(=O)C3=C(O)c4c(O)c(I)cc(Br)c4C[C@H]3C[C@@H]12. The van der Waals surface area contributed by atoms with Crippen LogP contribution in [0.3, 0.4) is 0 Å². The first-order valence-electron chi connectivity index (χ1n) is 9.68. The molecule has 0 spiro atoms. The molecule has 0 unspecified atom stereocenters. The molecule has 1 saturated carbocycles. The highest BCUT2D eigenvalue weighted by atomic mass is 127. The lowest BCUT2D eigenvalue weighted by Crippen LogP contribution is -2.65. The molecule has 0 saturated heterocycles. The van der Waals surface area contributed by atoms with Gasteiger partial charge in [-0.1, -0.05) is 15.9 Å². The molecule has 0 aromatic heterocycles. The zero-order chi connectivity index (χ0) is 23.9. The van der Waals surface area contributed by atoms with E-state index in [4.69, 9.17) is 5.73 Å². The number of primary amides is 1. The second-order valence-electron chi connectivity index (χ2n) is 8.50. The molecule has 11 heteroatoms. The van der Waals surface area contributed by atoms with Crippen LogP contribution in [0.2, 0.25) is 0 Å². The summed E-state index contributed by atoms with van der Waals surface area (Å²) in [5, 5.41) is 43.9. The number of likely N-dealkylation sites (N-methyl/N-ethyl adjacent to an activating group) is 1. The van der Waals surface area contributed by atoms with Gasteiger partial charge in [-0.2, -0.15) is 0 Å². The molecule has 6 N–H and O–H groups in total. The summed E-state index contributed by atoms with van der Waals surface area (Å²) in [7, 11) is 3.12. The van der Waals surface area contributed by atoms with Crippen LogP contribution < -0.4 is 5.73 Å². The van der Waals surface area contributed by atoms with Gasteiger partial charge in [0.1, 0.15) is 22.8 Å². The number of halogens is 2. The van der Waals surface area contributed by atoms with Crippen molar-refractivity contribution in [3.8, 4) is 5.75 Å². The van der Waals surface area contributed by atoms with Crippen molar-refractivity contribution < 1.29 is 34.8 Å². The Morgan fingerprint density at radius 3 is 2.47 bits per heavy atom. The number of nitrogens with two attached hydrogens (primary N) is 1. The minimum absolute atomic E-state index is 0.0605. The van der Waals surface area contributed by atoms with E-state index in [0.29, 0.717) is 13.6 Å². The van der Waals surface area contributed by atoms with E-state index >= 15 is 0 Å². The maximum absolute atomic E-state index is 13.6. The minimum Gasteiger partial charge on any atom is -0.508 e. The van der Waals surface area contributed by atoms with Crippen LogP contribution >= 0.6 is 38.5 Å². The number of phenolic OH excluding ortho intramolecular Hbond substituents is 1. The molecular weight excluding hydrogens is 599 g/mol. The molecule has 170 valence electrons. The molecule has 4 atom stereocenters. The number of carbonyl (C=O) groups excluding carboxylic acids is 3. The highest BCUT2D eigenvalue weighted by Gasteiger charge is 2.64. The Morgan fingerprint density at radius 1 is 1.28 bits per heavy atom. The van der Waals surface area contributed by atoms with E-state index in [1.807, 2.05) is 22.6 Å². The van der Waals surface area contributed by atoms with Crippen LogP contribution in [0.25, 0.3) is 5.76 Å². The van der Waals surface area contributed by atoms with Crippen LogP contribution in [0, 0.1) is 15.4 Å². The smallest absolute Gasteiger partial charge is 0.255 e. The van der Waals surface area contributed by atoms with Gasteiger partial charge in [0, 0.05) is 16.0 Å². The van der Waals surface area contributed by atoms with E-state index in [-0.39, 0.29) is 29.7 Å². The quantitative estimate of drug-likeness (QED) is 0.245. The highest BCUT2D eigenvalue weighted by Crippen LogP contribution is 2.53. The molecule has 0 bridgehead atoms. The second-order valence-corrected chi connectivity index (χ2v) is 10.5. The second kappa shape index (κ2) is 7.54. The number of hydrogen-bond donors (Lipinski definition) is 5. The topological polar surface area (TPSA) is 161 Å². The Balaban J connectivity index is 2.00. The Kier molecular flexibility index (Phi) is 5.47. The van der Waals surface area contributed by atoms with Gasteiger partial charge in [0.2, 0.25) is 5.78 Å². The van der Waals surface area contributed by atoms with E-state index in [1.54, 1.807) is 20.2 Å². The fraction of sp³-hybridized carbons (Fsp3) is 0.381. The van der Waals surface area contributed by atoms with E-state index in [0.717, 1.165) is 0 Å². The lowest BCUT2D eigenvalue weighted by molar-refractivity contribution is -0.153. The Morgan fingerprint density at radius 2 is 1.91 bits per heavy atom. The fourth-order valence-electron chi connectivity index (χ4n) is 5.24. The van der Waals surface area contributed by atoms with Crippen molar-refractivity contribution in [3.05, 3.63) is 42.1 Å². The number of hydrogen-bond acceptors (Lipinski definition) is 8. The summed E-state index contributed by atoms with van der Waals surface area (Å²) in [6.45, 7) is 0. The van der Waals surface area contributed by atoms with Crippen molar-refractivity contribution in [3.63, 3.8) is 0 Å². The van der Waals surface area contributed by atoms with Crippen LogP contribution in [-0.4, -0.2) is 68.5 Å². The van der Waals surface area contributed by atoms with Crippen molar-refractivity contribution in [2.75, 3.05) is 14.1 Å². The first-order chi connectivity index (χ1) is 14.8. The van der Waals surface area contributed by atoms with Gasteiger partial charge < -0.3 is 26.2 Å². The summed E-state index contributed by atoms with van der Waals surface area (Å²) in [6.07, 6.45) is 0.310. The predicted molar refractivity (Wildman–Crippen MR) is 125 cm³/mol. The number of aliphatic hydroxyl groups excluding tert-OH is 2. The molecule has 32 heavy (non-hydrogen) atoms. The van der Waals surface area contributed by atoms with E-state index in [2.05, 4.69) is 15.9 Å². The number of amides is 1. The molecule has 0 aliphatic heterocycles. The van der Waals surface area contributed by atoms with Crippen molar-refractivity contribution in [1.29, 1.82) is 0 Å². The number of aromatic hydroxyl groups is 1. The number of nitrogens with zero attached hydrogens (tertiary/aromatic N) is 1. The summed E-state index contributed by atoms with van der Waals surface area (Å²) in [5.74, 6) is -6.54. The average Bonchev–Trinajstić information content (AvgIpc) is 2.68. The van der Waals surface area contributed by atoms with E-state index < -0.39 is 58.0 Å². The molecular formula is C21H20BrIN2O7. The van der Waals surface area contributed by atoms with Crippen LogP contribution in [0.1, 0.15) is 17.5 Å². The van der Waals surface area contributed by atoms with Crippen LogP contribution in [0.4, 0.5) is 0 Å². The van der Waals surface area contributed by atoms with Gasteiger partial charge in [0.25, 0.3) is 5.91 Å². The van der Waals surface area contributed by atoms with Crippen molar-refractivity contribution >= 4 is 61.8 Å². The Bertz CT molecular complexity index is 1180. The largest absolute Gasteiger partial charge is 0.508 e. The number of fused-ring (bicyclic) bond motifs is 3. The number of phenols is 1. The maximum Gasteiger partial charge on any atom is 0.255 e. The van der Waals surface area contributed by atoms with Gasteiger partial charge in [0.05, 0.1) is 15.2 Å². The summed E-state index contributed by atoms with van der Waals surface area (Å²) in [4.78, 5) is 40.0. The van der Waals surface area contributed by atoms with E-state index in [9.17, 15) is 34.8 Å². The van der Waals surface area contributed by atoms with Gasteiger partial charge >= 0.3 is 0 Å². The summed E-state index contributed by atoms with van der Waals surface area (Å²) in [5.41, 5.74) is 2.34. The minimum atomic E-state index is -2.63. The third-order valence-corrected chi connectivity index (χ3v) is 8.15. The molecule has 0 radical (unpaired) electrons. The Hall–Kier alpha value is -1.96. The molecule has 0 heterocycles. The molecule has 3 aliphatic rings. The summed E-state index contributed by atoms with van der Waals surface area (Å²) >= 11 is 5.33. The highest BCUT2D eigenvalue weighted by molar-refractivity contribution is 14.1. The van der Waals surface area contributed by atoms with Gasteiger partial charge in [-0.05, 0) is 67.1 Å². The monoisotopic (exact) mass is 618 g/mol. The zero-order valence-electron chi connectivity index (χ0n) is 17.0. The van der Waals surface area contributed by atoms with Gasteiger partial charge in [0.15, 0.2) is 11.4 Å². The fourth-order valence-corrected chi connectivity index (χ4v) is 6.83. The molecule has 1 amide bonds. The Labute approximate surface area is 204 Å². The van der Waals surface area contributed by atoms with Crippen LogP contribution in [-0.2, 0) is 20.8 Å². The molecule has 3 aliphatic carbocycles. The average molecular weight is 619 g/mol. The first kappa shape index (κ1) is 23.2. The zero-order valence-corrected chi connectivity index (χ0v) is 20.8. The van der Waals surface area contributed by atoms with Gasteiger partial charge in [-0.15, -0.1) is 0 Å². The standard InChI is InChI=1S/C21H20BrIN2O7/c1-25(2)14-8-4-6-3-7-9(22)5-10(23)15(26)12(7)16(27)11(6)18(29)21(8,32)19(30)13(17(14)28)20(24)31/h5-6,8,14,26-27,30,32H,3-4H2,1-2H3,(H2,24,31)/t6-,8-,14-,21-/m0/s1. The van der Waals surface area contributed by atoms with Gasteiger partial charge in [-0.25, -0.2) is 0 Å². The van der Waals surface area contributed by atoms with Crippen molar-refractivity contribution in [2.24, 2.45) is 17.6 Å². The number of aliphatic hydroxyl groups is 3. The summed E-state index contributed by atoms with van der Waals surface area (Å²) in [6, 6.07) is 0.593. The van der Waals surface area contributed by atoms with Gasteiger partial charge in [-0.3, -0.25) is 19.3 Å². The lowest BCUT2D eigenvalue weighted by Gasteiger charge is -2.50. The van der Waals surface area contributed by atoms with Crippen molar-refractivity contribution in [2.45, 2.75) is 24.5 Å². The third-order valence-electron chi connectivity index (χ3n) is 6.62. The first-order valence-corrected chi connectivity index (χ1v) is 11.6. The number of ketones is 2. The predicted octanol–water partition coefficient (Wildman–Crippen LogP) is 1.33. The number of carbonyl (C=O) groups is 3. The van der Waals surface area contributed by atoms with Crippen molar-refractivity contribution in [1.82, 2.24) is 4.90 Å². The molecule has 1 fully saturated rings. The molecule has 1 aromatic rings. The normalized spacial score (nSPS) is 29.8. The summed E-state index contributed by atoms with van der Waals surface area (Å²) < 4.78 is 1.07. The molecule has 9 nitrogen and oxygen atoms in total. The van der Waals surface area contributed by atoms with E-state index in [1.165, 1.54) is 4.90 Å².